The Labute approximate surface area is 173 Å². The average molecular weight is 417 g/mol. The number of nitro benzene ring substituents is 1. The second-order valence-electron chi connectivity index (χ2n) is 6.14. The highest BCUT2D eigenvalue weighted by Crippen LogP contribution is 2.25. The summed E-state index contributed by atoms with van der Waals surface area (Å²) in [5.41, 5.74) is 0.424. The summed E-state index contributed by atoms with van der Waals surface area (Å²) < 4.78 is 15.4. The summed E-state index contributed by atoms with van der Waals surface area (Å²) in [5, 5.41) is 16.7. The molecule has 2 aromatic rings. The van der Waals surface area contributed by atoms with Crippen molar-refractivity contribution in [3.05, 3.63) is 58.1 Å². The Balaban J connectivity index is 2.15. The molecule has 10 heteroatoms. The molecule has 0 radical (unpaired) electrons. The molecule has 0 spiro atoms. The normalized spacial score (nSPS) is 11.3. The van der Waals surface area contributed by atoms with Gasteiger partial charge in [0.2, 0.25) is 0 Å². The molecule has 160 valence electrons. The van der Waals surface area contributed by atoms with Gasteiger partial charge in [-0.25, -0.2) is 4.79 Å². The van der Waals surface area contributed by atoms with Crippen LogP contribution in [0.3, 0.4) is 0 Å². The fourth-order valence-corrected chi connectivity index (χ4v) is 2.52. The number of anilines is 2. The summed E-state index contributed by atoms with van der Waals surface area (Å²) in [5.74, 6) is -0.999. The van der Waals surface area contributed by atoms with Crippen molar-refractivity contribution in [2.45, 2.75) is 13.0 Å². The van der Waals surface area contributed by atoms with E-state index in [1.54, 1.807) is 24.3 Å². The molecular formula is C20H23N3O7. The molecule has 1 amide bonds. The fourth-order valence-electron chi connectivity index (χ4n) is 2.52. The lowest BCUT2D eigenvalue weighted by molar-refractivity contribution is -0.384. The number of carbonyl (C=O) groups excluding carboxylic acids is 2. The van der Waals surface area contributed by atoms with E-state index < -0.39 is 22.9 Å². The Morgan fingerprint density at radius 2 is 1.87 bits per heavy atom. The van der Waals surface area contributed by atoms with Crippen molar-refractivity contribution in [2.24, 2.45) is 0 Å². The van der Waals surface area contributed by atoms with E-state index in [1.807, 2.05) is 0 Å². The van der Waals surface area contributed by atoms with Gasteiger partial charge in [-0.3, -0.25) is 14.9 Å². The highest BCUT2D eigenvalue weighted by Gasteiger charge is 2.23. The molecular weight excluding hydrogens is 394 g/mol. The minimum absolute atomic E-state index is 0.0581. The van der Waals surface area contributed by atoms with Gasteiger partial charge in [-0.05, 0) is 25.1 Å². The van der Waals surface area contributed by atoms with E-state index in [-0.39, 0.29) is 11.3 Å². The molecule has 0 fully saturated rings. The highest BCUT2D eigenvalue weighted by atomic mass is 16.6. The predicted molar refractivity (Wildman–Crippen MR) is 110 cm³/mol. The largest absolute Gasteiger partial charge is 0.495 e. The molecule has 2 rings (SSSR count). The lowest BCUT2D eigenvalue weighted by atomic mass is 10.1. The first-order valence-electron chi connectivity index (χ1n) is 9.03. The number of methoxy groups -OCH3 is 2. The Bertz CT molecular complexity index is 917. The van der Waals surface area contributed by atoms with Crippen LogP contribution in [-0.2, 0) is 14.3 Å². The Hall–Kier alpha value is -3.66. The maximum atomic E-state index is 12.6. The third-order valence-corrected chi connectivity index (χ3v) is 4.07. The lowest BCUT2D eigenvalue weighted by Crippen LogP contribution is -2.30. The van der Waals surface area contributed by atoms with Gasteiger partial charge in [-0.15, -0.1) is 0 Å². The van der Waals surface area contributed by atoms with Crippen molar-refractivity contribution >= 4 is 28.9 Å². The van der Waals surface area contributed by atoms with Gasteiger partial charge in [0, 0.05) is 31.5 Å². The predicted octanol–water partition coefficient (Wildman–Crippen LogP) is 2.85. The molecule has 2 aromatic carbocycles. The van der Waals surface area contributed by atoms with E-state index in [0.29, 0.717) is 30.3 Å². The van der Waals surface area contributed by atoms with E-state index in [4.69, 9.17) is 14.2 Å². The number of non-ortho nitro benzene ring substituents is 1. The van der Waals surface area contributed by atoms with E-state index in [9.17, 15) is 19.7 Å². The zero-order valence-corrected chi connectivity index (χ0v) is 16.8. The summed E-state index contributed by atoms with van der Waals surface area (Å²) in [6.07, 6.45) is -1.16. The number of benzene rings is 2. The van der Waals surface area contributed by atoms with Gasteiger partial charge in [0.1, 0.15) is 5.75 Å². The molecule has 0 heterocycles. The first kappa shape index (κ1) is 22.6. The summed E-state index contributed by atoms with van der Waals surface area (Å²) in [4.78, 5) is 35.5. The third kappa shape index (κ3) is 5.92. The van der Waals surface area contributed by atoms with Crippen LogP contribution in [0.15, 0.2) is 42.5 Å². The van der Waals surface area contributed by atoms with Crippen molar-refractivity contribution in [3.63, 3.8) is 0 Å². The average Bonchev–Trinajstić information content (AvgIpc) is 2.74. The molecule has 0 aliphatic heterocycles. The SMILES string of the molecule is COCCNc1ccc([N+](=O)[O-])cc1C(=O)O[C@@H](C)C(=O)Nc1ccccc1OC. The van der Waals surface area contributed by atoms with Crippen LogP contribution in [0.4, 0.5) is 17.1 Å². The molecule has 0 unspecified atom stereocenters. The quantitative estimate of drug-likeness (QED) is 0.261. The Morgan fingerprint density at radius 1 is 1.13 bits per heavy atom. The highest BCUT2D eigenvalue weighted by molar-refractivity contribution is 6.00. The topological polar surface area (TPSA) is 129 Å². The van der Waals surface area contributed by atoms with Crippen molar-refractivity contribution in [2.75, 3.05) is 38.0 Å². The maximum absolute atomic E-state index is 12.6. The maximum Gasteiger partial charge on any atom is 0.341 e. The minimum Gasteiger partial charge on any atom is -0.495 e. The van der Waals surface area contributed by atoms with Crippen LogP contribution >= 0.6 is 0 Å². The van der Waals surface area contributed by atoms with Gasteiger partial charge >= 0.3 is 5.97 Å². The number of nitrogens with zero attached hydrogens (tertiary/aromatic N) is 1. The second-order valence-corrected chi connectivity index (χ2v) is 6.14. The van der Waals surface area contributed by atoms with Crippen molar-refractivity contribution in [1.82, 2.24) is 0 Å². The summed E-state index contributed by atoms with van der Waals surface area (Å²) >= 11 is 0. The first-order valence-corrected chi connectivity index (χ1v) is 9.03. The fraction of sp³-hybridized carbons (Fsp3) is 0.300. The van der Waals surface area contributed by atoms with Gasteiger partial charge in [-0.1, -0.05) is 12.1 Å². The number of hydrogen-bond donors (Lipinski definition) is 2. The Kier molecular flexibility index (Phi) is 8.12. The van der Waals surface area contributed by atoms with Crippen LogP contribution in [0.5, 0.6) is 5.75 Å². The van der Waals surface area contributed by atoms with Crippen molar-refractivity contribution in [3.8, 4) is 5.75 Å². The van der Waals surface area contributed by atoms with E-state index >= 15 is 0 Å². The Morgan fingerprint density at radius 3 is 2.53 bits per heavy atom. The molecule has 0 aromatic heterocycles. The number of ether oxygens (including phenoxy) is 3. The van der Waals surface area contributed by atoms with Crippen LogP contribution < -0.4 is 15.4 Å². The van der Waals surface area contributed by atoms with E-state index in [2.05, 4.69) is 10.6 Å². The lowest BCUT2D eigenvalue weighted by Gasteiger charge is -2.16. The zero-order chi connectivity index (χ0) is 22.1. The summed E-state index contributed by atoms with van der Waals surface area (Å²) in [7, 11) is 2.99. The third-order valence-electron chi connectivity index (χ3n) is 4.07. The van der Waals surface area contributed by atoms with Gasteiger partial charge in [-0.2, -0.15) is 0 Å². The molecule has 0 aliphatic carbocycles. The molecule has 0 bridgehead atoms. The number of nitro groups is 1. The summed E-state index contributed by atoms with van der Waals surface area (Å²) in [6.45, 7) is 2.14. The molecule has 0 aliphatic rings. The van der Waals surface area contributed by atoms with Gasteiger partial charge < -0.3 is 24.8 Å². The van der Waals surface area contributed by atoms with E-state index in [0.717, 1.165) is 6.07 Å². The molecule has 0 saturated heterocycles. The number of nitrogens with one attached hydrogen (secondary N) is 2. The minimum atomic E-state index is -1.16. The van der Waals surface area contributed by atoms with Crippen molar-refractivity contribution < 1.29 is 28.7 Å². The number of amides is 1. The second kappa shape index (κ2) is 10.8. The zero-order valence-electron chi connectivity index (χ0n) is 16.8. The standard InChI is InChI=1S/C20H23N3O7/c1-13(19(24)22-17-6-4-5-7-18(17)29-3)30-20(25)15-12-14(23(26)27)8-9-16(15)21-10-11-28-2/h4-9,12-13,21H,10-11H2,1-3H3,(H,22,24)/t13-/m0/s1. The van der Waals surface area contributed by atoms with Crippen molar-refractivity contribution in [1.29, 1.82) is 0 Å². The smallest absolute Gasteiger partial charge is 0.341 e. The number of hydrogen-bond acceptors (Lipinski definition) is 8. The number of rotatable bonds is 10. The number of carbonyl (C=O) groups is 2. The first-order chi connectivity index (χ1) is 14.4. The number of para-hydroxylation sites is 2. The van der Waals surface area contributed by atoms with Crippen LogP contribution in [0.2, 0.25) is 0 Å². The van der Waals surface area contributed by atoms with Crippen LogP contribution in [-0.4, -0.2) is 50.3 Å². The van der Waals surface area contributed by atoms with Gasteiger partial charge in [0.15, 0.2) is 6.10 Å². The monoisotopic (exact) mass is 417 g/mol. The molecule has 1 atom stereocenters. The molecule has 2 N–H and O–H groups in total. The van der Waals surface area contributed by atoms with Crippen LogP contribution in [0.25, 0.3) is 0 Å². The molecule has 10 nitrogen and oxygen atoms in total. The molecule has 30 heavy (non-hydrogen) atoms. The molecule has 0 saturated carbocycles. The summed E-state index contributed by atoms with van der Waals surface area (Å²) in [6, 6.07) is 10.6. The van der Waals surface area contributed by atoms with Crippen LogP contribution in [0.1, 0.15) is 17.3 Å². The van der Waals surface area contributed by atoms with Gasteiger partial charge in [0.25, 0.3) is 11.6 Å². The number of esters is 1. The van der Waals surface area contributed by atoms with Gasteiger partial charge in [0.05, 0.1) is 29.9 Å². The van der Waals surface area contributed by atoms with Crippen LogP contribution in [0, 0.1) is 10.1 Å². The van der Waals surface area contributed by atoms with E-state index in [1.165, 1.54) is 33.3 Å².